The molecular formula is C22H13Cl2F5N4O2. The molecule has 1 amide bonds. The number of hydrogen-bond donors (Lipinski definition) is 2. The molecule has 13 heteroatoms. The monoisotopic (exact) mass is 530 g/mol. The van der Waals surface area contributed by atoms with E-state index in [1.807, 2.05) is 0 Å². The highest BCUT2D eigenvalue weighted by Gasteiger charge is 2.32. The molecule has 4 aromatic rings. The summed E-state index contributed by atoms with van der Waals surface area (Å²) in [6.07, 6.45) is -4.88. The molecule has 6 nitrogen and oxygen atoms in total. The van der Waals surface area contributed by atoms with Crippen LogP contribution in [-0.2, 0) is 13.2 Å². The molecule has 0 atom stereocenters. The number of aromatic nitrogens is 2. The van der Waals surface area contributed by atoms with Crippen molar-refractivity contribution in [2.24, 2.45) is 7.05 Å². The van der Waals surface area contributed by atoms with E-state index in [9.17, 15) is 26.7 Å². The average molecular weight is 531 g/mol. The van der Waals surface area contributed by atoms with Crippen molar-refractivity contribution in [2.75, 3.05) is 11.1 Å². The third-order valence-electron chi connectivity index (χ3n) is 4.88. The number of carbonyl (C=O) groups excluding carboxylic acids is 1. The van der Waals surface area contributed by atoms with Gasteiger partial charge in [0.25, 0.3) is 5.91 Å². The quantitative estimate of drug-likeness (QED) is 0.284. The van der Waals surface area contributed by atoms with Crippen molar-refractivity contribution in [3.8, 4) is 11.5 Å². The Labute approximate surface area is 204 Å². The molecule has 0 saturated heterocycles. The summed E-state index contributed by atoms with van der Waals surface area (Å²) in [7, 11) is 1.53. The minimum atomic E-state index is -4.88. The summed E-state index contributed by atoms with van der Waals surface area (Å²) in [6.45, 7) is 0. The van der Waals surface area contributed by atoms with Crippen molar-refractivity contribution in [1.29, 1.82) is 0 Å². The number of ether oxygens (including phenoxy) is 1. The normalized spacial score (nSPS) is 11.7. The molecule has 0 unspecified atom stereocenters. The van der Waals surface area contributed by atoms with Gasteiger partial charge >= 0.3 is 6.18 Å². The van der Waals surface area contributed by atoms with Gasteiger partial charge in [-0.25, -0.2) is 8.78 Å². The number of anilines is 2. The predicted molar refractivity (Wildman–Crippen MR) is 121 cm³/mol. The van der Waals surface area contributed by atoms with Gasteiger partial charge in [-0.2, -0.15) is 18.3 Å². The van der Waals surface area contributed by atoms with Crippen molar-refractivity contribution in [3.05, 3.63) is 75.3 Å². The van der Waals surface area contributed by atoms with E-state index in [1.54, 1.807) is 0 Å². The fraction of sp³-hybridized carbons (Fsp3) is 0.0909. The maximum absolute atomic E-state index is 13.8. The lowest BCUT2D eigenvalue weighted by Gasteiger charge is -2.16. The number of rotatable bonds is 4. The smallest absolute Gasteiger partial charge is 0.416 e. The number of amides is 1. The molecule has 0 aliphatic rings. The van der Waals surface area contributed by atoms with Gasteiger partial charge in [-0.1, -0.05) is 23.2 Å². The Morgan fingerprint density at radius 2 is 1.77 bits per heavy atom. The second-order valence-electron chi connectivity index (χ2n) is 7.32. The number of nitrogen functional groups attached to an aromatic ring is 1. The average Bonchev–Trinajstić information content (AvgIpc) is 3.06. The molecule has 182 valence electrons. The van der Waals surface area contributed by atoms with Gasteiger partial charge < -0.3 is 15.8 Å². The highest BCUT2D eigenvalue weighted by molar-refractivity contribution is 6.36. The molecule has 4 rings (SSSR count). The zero-order valence-electron chi connectivity index (χ0n) is 17.5. The van der Waals surface area contributed by atoms with Crippen LogP contribution in [-0.4, -0.2) is 15.7 Å². The van der Waals surface area contributed by atoms with Crippen LogP contribution in [0, 0.1) is 11.6 Å². The lowest BCUT2D eigenvalue weighted by molar-refractivity contribution is -0.137. The molecule has 0 fully saturated rings. The van der Waals surface area contributed by atoms with Crippen LogP contribution in [0.5, 0.6) is 11.5 Å². The third kappa shape index (κ3) is 4.82. The molecule has 3 N–H and O–H groups in total. The topological polar surface area (TPSA) is 82.2 Å². The molecule has 0 aliphatic carbocycles. The molecule has 35 heavy (non-hydrogen) atoms. The Hall–Kier alpha value is -3.57. The number of hydrogen-bond acceptors (Lipinski definition) is 4. The van der Waals surface area contributed by atoms with Crippen LogP contribution in [0.1, 0.15) is 15.9 Å². The van der Waals surface area contributed by atoms with Gasteiger partial charge in [0.15, 0.2) is 11.6 Å². The van der Waals surface area contributed by atoms with Crippen molar-refractivity contribution in [1.82, 2.24) is 9.78 Å². The van der Waals surface area contributed by atoms with E-state index in [2.05, 4.69) is 10.4 Å². The summed E-state index contributed by atoms with van der Waals surface area (Å²) in [6, 6.07) is 5.91. The second-order valence-corrected chi connectivity index (χ2v) is 8.14. The minimum absolute atomic E-state index is 0.00851. The Morgan fingerprint density at radius 3 is 2.46 bits per heavy atom. The maximum Gasteiger partial charge on any atom is 0.416 e. The fourth-order valence-electron chi connectivity index (χ4n) is 3.38. The molecule has 3 aromatic carbocycles. The zero-order valence-corrected chi connectivity index (χ0v) is 19.0. The van der Waals surface area contributed by atoms with Crippen LogP contribution in [0.15, 0.2) is 42.5 Å². The van der Waals surface area contributed by atoms with Crippen molar-refractivity contribution in [3.63, 3.8) is 0 Å². The maximum atomic E-state index is 13.8. The number of nitrogens with two attached hydrogens (primary N) is 1. The van der Waals surface area contributed by atoms with Crippen LogP contribution in [0.25, 0.3) is 10.9 Å². The fourth-order valence-corrected chi connectivity index (χ4v) is 3.86. The van der Waals surface area contributed by atoms with E-state index in [4.69, 9.17) is 33.7 Å². The molecule has 1 aromatic heterocycles. The molecule has 1 heterocycles. The van der Waals surface area contributed by atoms with Crippen LogP contribution in [0.4, 0.5) is 33.5 Å². The summed E-state index contributed by atoms with van der Waals surface area (Å²) in [4.78, 5) is 12.8. The summed E-state index contributed by atoms with van der Waals surface area (Å²) in [5.74, 6) is -3.45. The number of fused-ring (bicyclic) bond motifs is 1. The number of aryl methyl sites for hydroxylation is 1. The number of benzene rings is 3. The standard InChI is InChI=1S/C22H13Cl2F5N4O2/c1-33-18-14(24)8-15(31-21(34)9-4-10(22(27,28)29)6-12(26)5-9)19(17(18)20(30)32-33)35-16-7-11(25)2-3-13(16)23/h2-8H,1H3,(H2,30,32)(H,31,34). The van der Waals surface area contributed by atoms with Crippen molar-refractivity contribution >= 4 is 51.5 Å². The molecule has 0 saturated carbocycles. The second kappa shape index (κ2) is 8.90. The first-order valence-corrected chi connectivity index (χ1v) is 10.4. The zero-order chi connectivity index (χ0) is 25.7. The van der Waals surface area contributed by atoms with Gasteiger partial charge in [0.05, 0.1) is 32.2 Å². The lowest BCUT2D eigenvalue weighted by Crippen LogP contribution is -2.15. The van der Waals surface area contributed by atoms with Crippen LogP contribution in [0.3, 0.4) is 0 Å². The van der Waals surface area contributed by atoms with Crippen LogP contribution < -0.4 is 15.8 Å². The van der Waals surface area contributed by atoms with Crippen LogP contribution >= 0.6 is 23.2 Å². The number of alkyl halides is 3. The first-order valence-electron chi connectivity index (χ1n) is 9.62. The molecule has 0 aliphatic heterocycles. The molecule has 0 spiro atoms. The summed E-state index contributed by atoms with van der Waals surface area (Å²) < 4.78 is 74.0. The Balaban J connectivity index is 1.85. The highest BCUT2D eigenvalue weighted by Crippen LogP contribution is 2.45. The molecular weight excluding hydrogens is 518 g/mol. The van der Waals surface area contributed by atoms with E-state index in [1.165, 1.54) is 23.9 Å². The van der Waals surface area contributed by atoms with Gasteiger partial charge in [-0.3, -0.25) is 9.48 Å². The largest absolute Gasteiger partial charge is 0.453 e. The Morgan fingerprint density at radius 1 is 1.06 bits per heavy atom. The van der Waals surface area contributed by atoms with Gasteiger partial charge in [-0.05, 0) is 36.4 Å². The summed E-state index contributed by atoms with van der Waals surface area (Å²) in [5, 5.41) is 6.58. The van der Waals surface area contributed by atoms with Crippen molar-refractivity contribution < 1.29 is 31.5 Å². The van der Waals surface area contributed by atoms with E-state index >= 15 is 0 Å². The lowest BCUT2D eigenvalue weighted by atomic mass is 10.1. The first-order chi connectivity index (χ1) is 16.3. The van der Waals surface area contributed by atoms with Gasteiger partial charge in [0.2, 0.25) is 0 Å². The van der Waals surface area contributed by atoms with E-state index in [-0.39, 0.29) is 50.0 Å². The number of halogens is 7. The molecule has 0 radical (unpaired) electrons. The summed E-state index contributed by atoms with van der Waals surface area (Å²) in [5.41, 5.74) is 4.15. The van der Waals surface area contributed by atoms with E-state index < -0.39 is 34.8 Å². The SMILES string of the molecule is Cn1nc(N)c2c(Oc3cc(F)ccc3Cl)c(NC(=O)c3cc(F)cc(C(F)(F)F)c3)cc(Cl)c21. The Kier molecular flexibility index (Phi) is 6.24. The molecule has 0 bridgehead atoms. The summed E-state index contributed by atoms with van der Waals surface area (Å²) >= 11 is 12.4. The van der Waals surface area contributed by atoms with Crippen molar-refractivity contribution in [2.45, 2.75) is 6.18 Å². The number of nitrogens with zero attached hydrogens (tertiary/aromatic N) is 2. The predicted octanol–water partition coefficient (Wildman–Crippen LogP) is 6.80. The van der Waals surface area contributed by atoms with Gasteiger partial charge in [0.1, 0.15) is 17.4 Å². The van der Waals surface area contributed by atoms with Gasteiger partial charge in [0, 0.05) is 18.7 Å². The Bertz CT molecular complexity index is 1490. The van der Waals surface area contributed by atoms with Crippen LogP contribution in [0.2, 0.25) is 10.0 Å². The van der Waals surface area contributed by atoms with Gasteiger partial charge in [-0.15, -0.1) is 0 Å². The number of carbonyl (C=O) groups is 1. The minimum Gasteiger partial charge on any atom is -0.453 e. The highest BCUT2D eigenvalue weighted by atomic mass is 35.5. The number of nitrogens with one attached hydrogen (secondary N) is 1. The van der Waals surface area contributed by atoms with E-state index in [0.717, 1.165) is 12.1 Å². The van der Waals surface area contributed by atoms with E-state index in [0.29, 0.717) is 12.1 Å². The third-order valence-corrected chi connectivity index (χ3v) is 5.48. The first kappa shape index (κ1) is 24.6.